The molecule has 0 spiro atoms. The molecule has 7 heteroatoms. The summed E-state index contributed by atoms with van der Waals surface area (Å²) in [4.78, 5) is 3.94. The summed E-state index contributed by atoms with van der Waals surface area (Å²) < 4.78 is 38.8. The number of hydrazine groups is 1. The Morgan fingerprint density at radius 1 is 1.24 bits per heavy atom. The number of anilines is 1. The summed E-state index contributed by atoms with van der Waals surface area (Å²) in [6.07, 6.45) is 0.771. The van der Waals surface area contributed by atoms with Gasteiger partial charge in [0.2, 0.25) is 5.96 Å². The number of nitrogens with two attached hydrogens (primary N) is 1. The minimum atomic E-state index is -1.25. The molecule has 17 heavy (non-hydrogen) atoms. The molecule has 0 aliphatic rings. The number of guanidine groups is 1. The van der Waals surface area contributed by atoms with Gasteiger partial charge in [0.05, 0.1) is 5.69 Å². The number of aliphatic imine (C=N–C) groups is 1. The SMILES string of the molecule is CCCN=C(NN)Nc1cc(F)c(F)cc1F. The van der Waals surface area contributed by atoms with Gasteiger partial charge >= 0.3 is 0 Å². The van der Waals surface area contributed by atoms with E-state index >= 15 is 0 Å². The molecule has 0 aromatic heterocycles. The molecule has 0 aliphatic carbocycles. The van der Waals surface area contributed by atoms with Gasteiger partial charge in [-0.2, -0.15) is 0 Å². The minimum absolute atomic E-state index is 0.0803. The lowest BCUT2D eigenvalue weighted by Gasteiger charge is -2.10. The van der Waals surface area contributed by atoms with Gasteiger partial charge in [0.1, 0.15) is 5.82 Å². The Kier molecular flexibility index (Phi) is 4.77. The molecule has 4 nitrogen and oxygen atoms in total. The molecule has 1 rings (SSSR count). The summed E-state index contributed by atoms with van der Waals surface area (Å²) in [5, 5.41) is 2.43. The summed E-state index contributed by atoms with van der Waals surface area (Å²) in [6.45, 7) is 2.37. The van der Waals surface area contributed by atoms with Gasteiger partial charge in [0.15, 0.2) is 11.6 Å². The number of nitrogens with one attached hydrogen (secondary N) is 2. The number of rotatable bonds is 3. The smallest absolute Gasteiger partial charge is 0.210 e. The molecule has 1 aromatic rings. The third-order valence-electron chi connectivity index (χ3n) is 1.89. The maximum Gasteiger partial charge on any atom is 0.210 e. The molecule has 0 unspecified atom stereocenters. The van der Waals surface area contributed by atoms with E-state index < -0.39 is 17.5 Å². The topological polar surface area (TPSA) is 62.4 Å². The van der Waals surface area contributed by atoms with Crippen LogP contribution in [0.3, 0.4) is 0 Å². The second-order valence-electron chi connectivity index (χ2n) is 3.25. The predicted octanol–water partition coefficient (Wildman–Crippen LogP) is 1.75. The monoisotopic (exact) mass is 246 g/mol. The lowest BCUT2D eigenvalue weighted by molar-refractivity contribution is 0.496. The van der Waals surface area contributed by atoms with Crippen molar-refractivity contribution in [2.75, 3.05) is 11.9 Å². The van der Waals surface area contributed by atoms with Crippen molar-refractivity contribution < 1.29 is 13.2 Å². The number of benzene rings is 1. The Bertz CT molecular complexity index is 420. The van der Waals surface area contributed by atoms with Gasteiger partial charge in [-0.05, 0) is 6.42 Å². The van der Waals surface area contributed by atoms with E-state index in [-0.39, 0.29) is 11.6 Å². The molecule has 0 amide bonds. The Morgan fingerprint density at radius 2 is 1.88 bits per heavy atom. The van der Waals surface area contributed by atoms with Gasteiger partial charge < -0.3 is 5.32 Å². The molecule has 0 saturated heterocycles. The Balaban J connectivity index is 2.90. The molecule has 0 heterocycles. The fraction of sp³-hybridized carbons (Fsp3) is 0.300. The molecule has 0 fully saturated rings. The normalized spacial score (nSPS) is 11.5. The Morgan fingerprint density at radius 3 is 2.47 bits per heavy atom. The molecular formula is C10H13F3N4. The highest BCUT2D eigenvalue weighted by Gasteiger charge is 2.10. The fourth-order valence-corrected chi connectivity index (χ4v) is 1.09. The largest absolute Gasteiger partial charge is 0.323 e. The molecule has 0 radical (unpaired) electrons. The van der Waals surface area contributed by atoms with Gasteiger partial charge in [-0.3, -0.25) is 10.4 Å². The highest BCUT2D eigenvalue weighted by Crippen LogP contribution is 2.18. The van der Waals surface area contributed by atoms with Gasteiger partial charge in [0.25, 0.3) is 0 Å². The molecular weight excluding hydrogens is 233 g/mol. The third kappa shape index (κ3) is 3.63. The van der Waals surface area contributed by atoms with Crippen LogP contribution in [0, 0.1) is 17.5 Å². The van der Waals surface area contributed by atoms with Crippen LogP contribution in [0.25, 0.3) is 0 Å². The third-order valence-corrected chi connectivity index (χ3v) is 1.89. The van der Waals surface area contributed by atoms with Crippen LogP contribution in [0.1, 0.15) is 13.3 Å². The van der Waals surface area contributed by atoms with Crippen LogP contribution in [0.5, 0.6) is 0 Å². The average Bonchev–Trinajstić information content (AvgIpc) is 2.30. The van der Waals surface area contributed by atoms with Crippen LogP contribution in [-0.2, 0) is 0 Å². The zero-order valence-corrected chi connectivity index (χ0v) is 9.23. The first kappa shape index (κ1) is 13.3. The van der Waals surface area contributed by atoms with E-state index in [0.29, 0.717) is 18.7 Å². The maximum atomic E-state index is 13.3. The van der Waals surface area contributed by atoms with Crippen LogP contribution in [-0.4, -0.2) is 12.5 Å². The van der Waals surface area contributed by atoms with Gasteiger partial charge in [-0.1, -0.05) is 6.92 Å². The lowest BCUT2D eigenvalue weighted by Crippen LogP contribution is -2.36. The van der Waals surface area contributed by atoms with E-state index in [1.807, 2.05) is 6.92 Å². The van der Waals surface area contributed by atoms with Gasteiger partial charge in [-0.15, -0.1) is 0 Å². The number of halogens is 3. The molecule has 1 aromatic carbocycles. The van der Waals surface area contributed by atoms with Crippen molar-refractivity contribution in [2.45, 2.75) is 13.3 Å². The number of hydrogen-bond donors (Lipinski definition) is 3. The Labute approximate surface area is 96.7 Å². The van der Waals surface area contributed by atoms with Crippen molar-refractivity contribution in [1.82, 2.24) is 5.43 Å². The molecule has 94 valence electrons. The van der Waals surface area contributed by atoms with E-state index in [4.69, 9.17) is 5.84 Å². The van der Waals surface area contributed by atoms with Gasteiger partial charge in [0, 0.05) is 18.7 Å². The molecule has 0 bridgehead atoms. The second kappa shape index (κ2) is 6.09. The quantitative estimate of drug-likeness (QED) is 0.250. The van der Waals surface area contributed by atoms with Gasteiger partial charge in [-0.25, -0.2) is 19.0 Å². The van der Waals surface area contributed by atoms with Crippen LogP contribution in [0.4, 0.5) is 18.9 Å². The average molecular weight is 246 g/mol. The van der Waals surface area contributed by atoms with E-state index in [2.05, 4.69) is 15.7 Å². The predicted molar refractivity (Wildman–Crippen MR) is 59.9 cm³/mol. The summed E-state index contributed by atoms with van der Waals surface area (Å²) in [7, 11) is 0. The zero-order valence-electron chi connectivity index (χ0n) is 9.23. The number of nitrogens with zero attached hydrogens (tertiary/aromatic N) is 1. The summed E-state index contributed by atoms with van der Waals surface area (Å²) in [5.74, 6) is 1.90. The van der Waals surface area contributed by atoms with Crippen LogP contribution < -0.4 is 16.6 Å². The molecule has 0 saturated carbocycles. The lowest BCUT2D eigenvalue weighted by atomic mass is 10.3. The van der Waals surface area contributed by atoms with Crippen molar-refractivity contribution in [2.24, 2.45) is 10.8 Å². The first-order valence-corrected chi connectivity index (χ1v) is 5.01. The standard InChI is InChI=1S/C10H13F3N4/c1-2-3-15-10(17-14)16-9-5-7(12)6(11)4-8(9)13/h4-5H,2-3,14H2,1H3,(H2,15,16,17). The summed E-state index contributed by atoms with van der Waals surface area (Å²) >= 11 is 0. The zero-order chi connectivity index (χ0) is 12.8. The summed E-state index contributed by atoms with van der Waals surface area (Å²) in [5.41, 5.74) is 1.96. The Hall–Kier alpha value is -1.76. The minimum Gasteiger partial charge on any atom is -0.323 e. The fourth-order valence-electron chi connectivity index (χ4n) is 1.09. The first-order chi connectivity index (χ1) is 8.08. The van der Waals surface area contributed by atoms with Crippen LogP contribution >= 0.6 is 0 Å². The van der Waals surface area contributed by atoms with E-state index in [1.54, 1.807) is 0 Å². The highest BCUT2D eigenvalue weighted by molar-refractivity contribution is 5.93. The highest BCUT2D eigenvalue weighted by atomic mass is 19.2. The molecule has 0 atom stereocenters. The molecule has 4 N–H and O–H groups in total. The molecule has 0 aliphatic heterocycles. The second-order valence-corrected chi connectivity index (χ2v) is 3.25. The number of hydrogen-bond acceptors (Lipinski definition) is 2. The van der Waals surface area contributed by atoms with E-state index in [9.17, 15) is 13.2 Å². The van der Waals surface area contributed by atoms with E-state index in [1.165, 1.54) is 0 Å². The summed E-state index contributed by atoms with van der Waals surface area (Å²) in [6, 6.07) is 1.15. The van der Waals surface area contributed by atoms with Crippen molar-refractivity contribution in [1.29, 1.82) is 0 Å². The van der Waals surface area contributed by atoms with Crippen LogP contribution in [0.2, 0.25) is 0 Å². The van der Waals surface area contributed by atoms with Crippen LogP contribution in [0.15, 0.2) is 17.1 Å². The maximum absolute atomic E-state index is 13.3. The first-order valence-electron chi connectivity index (χ1n) is 5.01. The van der Waals surface area contributed by atoms with Crippen molar-refractivity contribution in [3.8, 4) is 0 Å². The van der Waals surface area contributed by atoms with Crippen molar-refractivity contribution >= 4 is 11.6 Å². The van der Waals surface area contributed by atoms with Crippen molar-refractivity contribution in [3.05, 3.63) is 29.6 Å². The van der Waals surface area contributed by atoms with E-state index in [0.717, 1.165) is 6.42 Å². The van der Waals surface area contributed by atoms with Crippen molar-refractivity contribution in [3.63, 3.8) is 0 Å².